The second-order valence-corrected chi connectivity index (χ2v) is 6.18. The van der Waals surface area contributed by atoms with Crippen LogP contribution in [0.5, 0.6) is 0 Å². The molecule has 1 aliphatic rings. The minimum atomic E-state index is -4.45. The summed E-state index contributed by atoms with van der Waals surface area (Å²) >= 11 is 2.60. The number of hydrogen-bond donors (Lipinski definition) is 1. The molecule has 2 atom stereocenters. The Morgan fingerprint density at radius 2 is 2.17 bits per heavy atom. The summed E-state index contributed by atoms with van der Waals surface area (Å²) in [5, 5.41) is 3.93. The van der Waals surface area contributed by atoms with Gasteiger partial charge in [-0.2, -0.15) is 34.3 Å². The van der Waals surface area contributed by atoms with E-state index in [2.05, 4.69) is 20.9 Å². The van der Waals surface area contributed by atoms with Gasteiger partial charge < -0.3 is 5.32 Å². The highest BCUT2D eigenvalue weighted by molar-refractivity contribution is 7.99. The molecule has 0 saturated heterocycles. The molecule has 1 aromatic rings. The molecule has 1 aliphatic carbocycles. The van der Waals surface area contributed by atoms with Gasteiger partial charge in [-0.15, -0.1) is 0 Å². The highest BCUT2D eigenvalue weighted by atomic mass is 32.2. The van der Waals surface area contributed by atoms with Gasteiger partial charge in [0.15, 0.2) is 0 Å². The normalized spacial score (nSPS) is 25.1. The summed E-state index contributed by atoms with van der Waals surface area (Å²) in [5.74, 6) is -1.05. The number of nitrogens with one attached hydrogen (secondary N) is 1. The van der Waals surface area contributed by atoms with Crippen molar-refractivity contribution in [3.63, 3.8) is 0 Å². The van der Waals surface area contributed by atoms with Gasteiger partial charge in [-0.05, 0) is 25.5 Å². The summed E-state index contributed by atoms with van der Waals surface area (Å²) in [4.78, 5) is 3.49. The van der Waals surface area contributed by atoms with Gasteiger partial charge in [0.2, 0.25) is 11.0 Å². The van der Waals surface area contributed by atoms with Crippen LogP contribution in [-0.2, 0) is 6.18 Å². The number of aromatic nitrogens is 2. The van der Waals surface area contributed by atoms with E-state index in [0.717, 1.165) is 30.8 Å². The number of halogens is 3. The minimum Gasteiger partial charge on any atom is -0.358 e. The average molecular weight is 297 g/mol. The first-order chi connectivity index (χ1) is 8.49. The maximum Gasteiger partial charge on any atom is 0.452 e. The van der Waals surface area contributed by atoms with Crippen LogP contribution in [-0.4, -0.2) is 26.9 Å². The van der Waals surface area contributed by atoms with Crippen LogP contribution < -0.4 is 5.32 Å². The van der Waals surface area contributed by atoms with Crippen molar-refractivity contribution in [1.29, 1.82) is 0 Å². The molecule has 0 amide bonds. The number of nitrogens with zero attached hydrogens (tertiary/aromatic N) is 2. The first-order valence-corrected chi connectivity index (χ1v) is 7.75. The highest BCUT2D eigenvalue weighted by Crippen LogP contribution is 2.32. The topological polar surface area (TPSA) is 37.8 Å². The third-order valence-corrected chi connectivity index (χ3v) is 4.71. The van der Waals surface area contributed by atoms with Crippen molar-refractivity contribution in [3.8, 4) is 0 Å². The SMILES string of the molecule is CSC1CCCC(Nc2nc(C(F)(F)F)ns2)C1. The summed E-state index contributed by atoms with van der Waals surface area (Å²) in [6.07, 6.45) is 1.86. The Morgan fingerprint density at radius 3 is 2.78 bits per heavy atom. The van der Waals surface area contributed by atoms with E-state index < -0.39 is 12.0 Å². The van der Waals surface area contributed by atoms with E-state index in [4.69, 9.17) is 0 Å². The smallest absolute Gasteiger partial charge is 0.358 e. The van der Waals surface area contributed by atoms with E-state index >= 15 is 0 Å². The monoisotopic (exact) mass is 297 g/mol. The lowest BCUT2D eigenvalue weighted by Gasteiger charge is -2.28. The molecule has 0 aliphatic heterocycles. The Kier molecular flexibility index (Phi) is 4.37. The van der Waals surface area contributed by atoms with Crippen LogP contribution in [0.15, 0.2) is 0 Å². The van der Waals surface area contributed by atoms with Crippen molar-refractivity contribution in [3.05, 3.63) is 5.82 Å². The molecule has 1 fully saturated rings. The highest BCUT2D eigenvalue weighted by Gasteiger charge is 2.36. The third-order valence-electron chi connectivity index (χ3n) is 2.97. The van der Waals surface area contributed by atoms with Crippen LogP contribution in [0.1, 0.15) is 31.5 Å². The van der Waals surface area contributed by atoms with Crippen LogP contribution in [0, 0.1) is 0 Å². The fourth-order valence-electron chi connectivity index (χ4n) is 2.06. The summed E-state index contributed by atoms with van der Waals surface area (Å²) in [7, 11) is 0. The van der Waals surface area contributed by atoms with E-state index in [1.165, 1.54) is 6.42 Å². The lowest BCUT2D eigenvalue weighted by Crippen LogP contribution is -2.28. The van der Waals surface area contributed by atoms with Crippen molar-refractivity contribution in [2.24, 2.45) is 0 Å². The van der Waals surface area contributed by atoms with E-state index in [0.29, 0.717) is 5.25 Å². The van der Waals surface area contributed by atoms with Gasteiger partial charge in [-0.3, -0.25) is 0 Å². The third kappa shape index (κ3) is 3.50. The first-order valence-electron chi connectivity index (χ1n) is 5.69. The van der Waals surface area contributed by atoms with Gasteiger partial charge in [-0.25, -0.2) is 0 Å². The Morgan fingerprint density at radius 1 is 1.39 bits per heavy atom. The summed E-state index contributed by atoms with van der Waals surface area (Å²) < 4.78 is 40.4. The van der Waals surface area contributed by atoms with Crippen molar-refractivity contribution in [2.75, 3.05) is 11.6 Å². The van der Waals surface area contributed by atoms with Crippen molar-refractivity contribution in [2.45, 2.75) is 43.2 Å². The molecule has 102 valence electrons. The van der Waals surface area contributed by atoms with Gasteiger partial charge in [0.1, 0.15) is 0 Å². The molecule has 0 radical (unpaired) electrons. The standard InChI is InChI=1S/C10H14F3N3S2/c1-17-7-4-2-3-6(5-7)14-9-15-8(16-18-9)10(11,12)13/h6-7H,2-5H2,1H3,(H,14,15,16). The molecule has 2 unspecified atom stereocenters. The minimum absolute atomic E-state index is 0.213. The number of alkyl halides is 3. The molecule has 1 N–H and O–H groups in total. The Labute approximate surface area is 112 Å². The second-order valence-electron chi connectivity index (χ2n) is 4.29. The zero-order chi connectivity index (χ0) is 13.2. The maximum absolute atomic E-state index is 12.3. The molecule has 0 bridgehead atoms. The van der Waals surface area contributed by atoms with Crippen molar-refractivity contribution in [1.82, 2.24) is 9.36 Å². The molecule has 0 spiro atoms. The molecule has 1 heterocycles. The van der Waals surface area contributed by atoms with E-state index in [-0.39, 0.29) is 11.2 Å². The zero-order valence-corrected chi connectivity index (χ0v) is 11.5. The van der Waals surface area contributed by atoms with E-state index in [1.807, 2.05) is 11.8 Å². The molecule has 1 aromatic heterocycles. The molecular weight excluding hydrogens is 283 g/mol. The molecule has 0 aromatic carbocycles. The van der Waals surface area contributed by atoms with Crippen LogP contribution in [0.2, 0.25) is 0 Å². The lowest BCUT2D eigenvalue weighted by molar-refractivity contribution is -0.144. The summed E-state index contributed by atoms with van der Waals surface area (Å²) in [6, 6.07) is 0.213. The zero-order valence-electron chi connectivity index (χ0n) is 9.83. The Balaban J connectivity index is 1.95. The van der Waals surface area contributed by atoms with E-state index in [1.54, 1.807) is 0 Å². The van der Waals surface area contributed by atoms with Gasteiger partial charge >= 0.3 is 6.18 Å². The average Bonchev–Trinajstić information content (AvgIpc) is 2.77. The fraction of sp³-hybridized carbons (Fsp3) is 0.800. The van der Waals surface area contributed by atoms with Gasteiger partial charge in [0.25, 0.3) is 0 Å². The van der Waals surface area contributed by atoms with Crippen molar-refractivity contribution >= 4 is 28.4 Å². The van der Waals surface area contributed by atoms with Gasteiger partial charge in [0.05, 0.1) is 0 Å². The fourth-order valence-corrected chi connectivity index (χ4v) is 3.55. The Bertz CT molecular complexity index is 394. The lowest BCUT2D eigenvalue weighted by atomic mass is 9.95. The molecule has 8 heteroatoms. The molecular formula is C10H14F3N3S2. The van der Waals surface area contributed by atoms with Crippen LogP contribution >= 0.6 is 23.3 Å². The van der Waals surface area contributed by atoms with Crippen LogP contribution in [0.4, 0.5) is 18.3 Å². The molecule has 3 nitrogen and oxygen atoms in total. The van der Waals surface area contributed by atoms with Crippen LogP contribution in [0.3, 0.4) is 0 Å². The summed E-state index contributed by atoms with van der Waals surface area (Å²) in [6.45, 7) is 0. The van der Waals surface area contributed by atoms with Crippen molar-refractivity contribution < 1.29 is 13.2 Å². The Hall–Kier alpha value is -0.500. The molecule has 2 rings (SSSR count). The predicted octanol–water partition coefficient (Wildman–Crippen LogP) is 3.64. The number of hydrogen-bond acceptors (Lipinski definition) is 5. The largest absolute Gasteiger partial charge is 0.452 e. The first kappa shape index (κ1) is 13.9. The van der Waals surface area contributed by atoms with Gasteiger partial charge in [-0.1, -0.05) is 6.42 Å². The molecule has 18 heavy (non-hydrogen) atoms. The van der Waals surface area contributed by atoms with Gasteiger partial charge in [0, 0.05) is 22.8 Å². The predicted molar refractivity (Wildman–Crippen MR) is 68.1 cm³/mol. The van der Waals surface area contributed by atoms with E-state index in [9.17, 15) is 13.2 Å². The summed E-state index contributed by atoms with van der Waals surface area (Å²) in [5.41, 5.74) is 0. The molecule has 1 saturated carbocycles. The number of thioether (sulfide) groups is 1. The second kappa shape index (κ2) is 5.64. The maximum atomic E-state index is 12.3. The van der Waals surface area contributed by atoms with Crippen LogP contribution in [0.25, 0.3) is 0 Å². The number of rotatable bonds is 3. The number of anilines is 1. The quantitative estimate of drug-likeness (QED) is 0.924.